The Morgan fingerprint density at radius 3 is 2.61 bits per heavy atom. The van der Waals surface area contributed by atoms with Gasteiger partial charge >= 0.3 is 6.03 Å². The second-order valence-corrected chi connectivity index (χ2v) is 7.03. The molecule has 1 atom stereocenters. The number of anilines is 1. The fraction of sp³-hybridized carbons (Fsp3) is 0.471. The Balaban J connectivity index is 1.59. The summed E-state index contributed by atoms with van der Waals surface area (Å²) in [5.41, 5.74) is 2.19. The molecule has 0 radical (unpaired) electrons. The Morgan fingerprint density at radius 2 is 2.00 bits per heavy atom. The lowest BCUT2D eigenvalue weighted by molar-refractivity contribution is 0.220. The van der Waals surface area contributed by atoms with Gasteiger partial charge in [0.25, 0.3) is 0 Å². The van der Waals surface area contributed by atoms with Crippen LogP contribution in [0.1, 0.15) is 38.8 Å². The van der Waals surface area contributed by atoms with Crippen molar-refractivity contribution in [3.8, 4) is 0 Å². The van der Waals surface area contributed by atoms with Crippen molar-refractivity contribution < 1.29 is 4.79 Å². The van der Waals surface area contributed by atoms with E-state index in [4.69, 9.17) is 0 Å². The molecule has 1 aliphatic heterocycles. The highest BCUT2D eigenvalue weighted by Crippen LogP contribution is 2.24. The molecular weight excluding hydrogens is 290 g/mol. The minimum Gasteiger partial charge on any atom is -0.322 e. The molecule has 6 heteroatoms. The molecular formula is C17H23N5O. The van der Waals surface area contributed by atoms with Crippen molar-refractivity contribution in [2.45, 2.75) is 38.6 Å². The number of carbonyl (C=O) groups excluding carboxylic acids is 1. The number of amides is 2. The van der Waals surface area contributed by atoms with Crippen LogP contribution < -0.4 is 5.32 Å². The standard InChI is InChI=1S/C17H23N5O/c1-17(2,3)13-4-6-14(7-5-13)19-16(23)21-10-8-15(12-21)22-11-9-18-20-22/h4-7,9,11,15H,8,10,12H2,1-3H3,(H,19,23). The molecule has 1 aromatic heterocycles. The average Bonchev–Trinajstić information content (AvgIpc) is 3.18. The van der Waals surface area contributed by atoms with Crippen molar-refractivity contribution in [3.63, 3.8) is 0 Å². The van der Waals surface area contributed by atoms with Gasteiger partial charge in [-0.3, -0.25) is 0 Å². The number of likely N-dealkylation sites (tertiary alicyclic amines) is 1. The van der Waals surface area contributed by atoms with E-state index in [-0.39, 0.29) is 17.5 Å². The van der Waals surface area contributed by atoms with Gasteiger partial charge < -0.3 is 10.2 Å². The Morgan fingerprint density at radius 1 is 1.26 bits per heavy atom. The lowest BCUT2D eigenvalue weighted by atomic mass is 9.87. The van der Waals surface area contributed by atoms with Gasteiger partial charge in [-0.15, -0.1) is 5.10 Å². The van der Waals surface area contributed by atoms with Gasteiger partial charge in [0.2, 0.25) is 0 Å². The van der Waals surface area contributed by atoms with Gasteiger partial charge in [0, 0.05) is 25.0 Å². The largest absolute Gasteiger partial charge is 0.322 e. The quantitative estimate of drug-likeness (QED) is 0.927. The summed E-state index contributed by atoms with van der Waals surface area (Å²) in [6, 6.07) is 8.21. The van der Waals surface area contributed by atoms with Crippen LogP contribution in [0.2, 0.25) is 0 Å². The number of aromatic nitrogens is 3. The third-order valence-corrected chi connectivity index (χ3v) is 4.27. The van der Waals surface area contributed by atoms with Crippen molar-refractivity contribution in [2.24, 2.45) is 0 Å². The van der Waals surface area contributed by atoms with E-state index in [9.17, 15) is 4.79 Å². The van der Waals surface area contributed by atoms with Crippen molar-refractivity contribution in [3.05, 3.63) is 42.2 Å². The van der Waals surface area contributed by atoms with Crippen LogP contribution in [-0.2, 0) is 5.41 Å². The Labute approximate surface area is 136 Å². The number of nitrogens with one attached hydrogen (secondary N) is 1. The maximum absolute atomic E-state index is 12.4. The lowest BCUT2D eigenvalue weighted by Crippen LogP contribution is -2.33. The third-order valence-electron chi connectivity index (χ3n) is 4.27. The Bertz CT molecular complexity index is 657. The van der Waals surface area contributed by atoms with Crippen LogP contribution in [0.4, 0.5) is 10.5 Å². The minimum atomic E-state index is -0.0591. The highest BCUT2D eigenvalue weighted by atomic mass is 16.2. The topological polar surface area (TPSA) is 63.1 Å². The molecule has 23 heavy (non-hydrogen) atoms. The van der Waals surface area contributed by atoms with Crippen LogP contribution in [0.25, 0.3) is 0 Å². The predicted octanol–water partition coefficient (Wildman–Crippen LogP) is 3.05. The van der Waals surface area contributed by atoms with Crippen LogP contribution in [0.3, 0.4) is 0 Å². The molecule has 0 spiro atoms. The van der Waals surface area contributed by atoms with E-state index >= 15 is 0 Å². The van der Waals surface area contributed by atoms with Crippen molar-refractivity contribution in [1.29, 1.82) is 0 Å². The SMILES string of the molecule is CC(C)(C)c1ccc(NC(=O)N2CCC(n3ccnn3)C2)cc1. The van der Waals surface area contributed by atoms with Crippen LogP contribution in [0, 0.1) is 0 Å². The van der Waals surface area contributed by atoms with Gasteiger partial charge in [0.15, 0.2) is 0 Å². The number of urea groups is 1. The monoisotopic (exact) mass is 313 g/mol. The van der Waals surface area contributed by atoms with E-state index in [0.29, 0.717) is 6.54 Å². The van der Waals surface area contributed by atoms with Crippen LogP contribution in [-0.4, -0.2) is 39.0 Å². The van der Waals surface area contributed by atoms with Gasteiger partial charge in [-0.25, -0.2) is 9.48 Å². The summed E-state index contributed by atoms with van der Waals surface area (Å²) in [6.45, 7) is 7.92. The lowest BCUT2D eigenvalue weighted by Gasteiger charge is -2.20. The molecule has 0 saturated carbocycles. The summed E-state index contributed by atoms with van der Waals surface area (Å²) in [5.74, 6) is 0. The van der Waals surface area contributed by atoms with E-state index in [2.05, 4.69) is 48.5 Å². The number of hydrogen-bond acceptors (Lipinski definition) is 3. The zero-order chi connectivity index (χ0) is 16.4. The Kier molecular flexibility index (Phi) is 4.07. The van der Waals surface area contributed by atoms with Crippen molar-refractivity contribution in [1.82, 2.24) is 19.9 Å². The minimum absolute atomic E-state index is 0.0591. The van der Waals surface area contributed by atoms with E-state index in [1.165, 1.54) is 5.56 Å². The Hall–Kier alpha value is -2.37. The predicted molar refractivity (Wildman–Crippen MR) is 89.4 cm³/mol. The zero-order valence-electron chi connectivity index (χ0n) is 13.9. The molecule has 2 amide bonds. The normalized spacial score (nSPS) is 18.2. The number of carbonyl (C=O) groups is 1. The molecule has 122 valence electrons. The summed E-state index contributed by atoms with van der Waals surface area (Å²) in [5, 5.41) is 10.8. The highest BCUT2D eigenvalue weighted by Gasteiger charge is 2.27. The van der Waals surface area contributed by atoms with E-state index < -0.39 is 0 Å². The summed E-state index contributed by atoms with van der Waals surface area (Å²) in [7, 11) is 0. The van der Waals surface area contributed by atoms with Gasteiger partial charge in [-0.05, 0) is 29.5 Å². The first kappa shape index (κ1) is 15.5. The number of nitrogens with zero attached hydrogens (tertiary/aromatic N) is 4. The van der Waals surface area contributed by atoms with E-state index in [1.807, 2.05) is 27.9 Å². The fourth-order valence-corrected chi connectivity index (χ4v) is 2.81. The molecule has 1 N–H and O–H groups in total. The maximum Gasteiger partial charge on any atom is 0.321 e. The van der Waals surface area contributed by atoms with Gasteiger partial charge in [-0.2, -0.15) is 0 Å². The van der Waals surface area contributed by atoms with Gasteiger partial charge in [0.1, 0.15) is 0 Å². The first-order valence-corrected chi connectivity index (χ1v) is 7.96. The first-order chi connectivity index (χ1) is 10.9. The molecule has 1 saturated heterocycles. The van der Waals surface area contributed by atoms with E-state index in [1.54, 1.807) is 6.20 Å². The van der Waals surface area contributed by atoms with Gasteiger partial charge in [0.05, 0.1) is 12.2 Å². The van der Waals surface area contributed by atoms with Crippen LogP contribution in [0.5, 0.6) is 0 Å². The molecule has 1 unspecified atom stereocenters. The molecule has 6 nitrogen and oxygen atoms in total. The summed E-state index contributed by atoms with van der Waals surface area (Å²) >= 11 is 0. The highest BCUT2D eigenvalue weighted by molar-refractivity contribution is 5.89. The smallest absolute Gasteiger partial charge is 0.321 e. The molecule has 1 aromatic carbocycles. The van der Waals surface area contributed by atoms with Crippen molar-refractivity contribution >= 4 is 11.7 Å². The first-order valence-electron chi connectivity index (χ1n) is 7.96. The molecule has 0 aliphatic carbocycles. The fourth-order valence-electron chi connectivity index (χ4n) is 2.81. The van der Waals surface area contributed by atoms with Crippen LogP contribution >= 0.6 is 0 Å². The van der Waals surface area contributed by atoms with Gasteiger partial charge in [-0.1, -0.05) is 38.1 Å². The molecule has 1 fully saturated rings. The summed E-state index contributed by atoms with van der Waals surface area (Å²) in [4.78, 5) is 14.2. The second kappa shape index (κ2) is 6.02. The second-order valence-electron chi connectivity index (χ2n) is 7.03. The zero-order valence-corrected chi connectivity index (χ0v) is 13.9. The molecule has 2 aromatic rings. The average molecular weight is 313 g/mol. The van der Waals surface area contributed by atoms with Crippen molar-refractivity contribution in [2.75, 3.05) is 18.4 Å². The van der Waals surface area contributed by atoms with E-state index in [0.717, 1.165) is 18.7 Å². The third kappa shape index (κ3) is 3.52. The summed E-state index contributed by atoms with van der Waals surface area (Å²) < 4.78 is 1.82. The molecule has 3 rings (SSSR count). The molecule has 0 bridgehead atoms. The molecule has 1 aliphatic rings. The number of rotatable bonds is 2. The number of benzene rings is 1. The number of hydrogen-bond donors (Lipinski definition) is 1. The maximum atomic E-state index is 12.4. The van der Waals surface area contributed by atoms with Crippen LogP contribution in [0.15, 0.2) is 36.7 Å². The summed E-state index contributed by atoms with van der Waals surface area (Å²) in [6.07, 6.45) is 4.41. The molecule has 2 heterocycles.